The Balaban J connectivity index is 2.33. The Hall–Kier alpha value is -1.49. The van der Waals surface area contributed by atoms with Crippen molar-refractivity contribution in [2.24, 2.45) is 0 Å². The fraction of sp³-hybridized carbons (Fsp3) is 0.0769. The molecule has 0 amide bonds. The van der Waals surface area contributed by atoms with Crippen LogP contribution in [0.2, 0.25) is 15.1 Å². The summed E-state index contributed by atoms with van der Waals surface area (Å²) in [6.45, 7) is 1.58. The highest BCUT2D eigenvalue weighted by Gasteiger charge is 2.12. The van der Waals surface area contributed by atoms with Crippen LogP contribution in [0.3, 0.4) is 0 Å². The molecule has 1 N–H and O–H groups in total. The molecule has 1 aromatic heterocycles. The summed E-state index contributed by atoms with van der Waals surface area (Å²) >= 11 is 17.7. The molecular formula is C13H8Cl3NO3. The summed E-state index contributed by atoms with van der Waals surface area (Å²) in [5.41, 5.74) is 0.448. The highest BCUT2D eigenvalue weighted by Crippen LogP contribution is 2.36. The molecule has 0 atom stereocenters. The molecule has 0 saturated carbocycles. The zero-order chi connectivity index (χ0) is 14.9. The highest BCUT2D eigenvalue weighted by molar-refractivity contribution is 6.43. The van der Waals surface area contributed by atoms with Gasteiger partial charge < -0.3 is 9.84 Å². The molecule has 20 heavy (non-hydrogen) atoms. The van der Waals surface area contributed by atoms with Gasteiger partial charge in [0.15, 0.2) is 0 Å². The fourth-order valence-electron chi connectivity index (χ4n) is 1.52. The molecule has 2 aromatic rings. The zero-order valence-corrected chi connectivity index (χ0v) is 12.4. The largest absolute Gasteiger partial charge is 0.478 e. The van der Waals surface area contributed by atoms with Crippen LogP contribution in [0.4, 0.5) is 0 Å². The summed E-state index contributed by atoms with van der Waals surface area (Å²) in [6.07, 6.45) is 0. The van der Waals surface area contributed by atoms with Crippen LogP contribution >= 0.6 is 34.8 Å². The number of aryl methyl sites for hydroxylation is 1. The van der Waals surface area contributed by atoms with E-state index in [2.05, 4.69) is 4.98 Å². The van der Waals surface area contributed by atoms with E-state index in [0.29, 0.717) is 15.7 Å². The molecule has 1 aromatic carbocycles. The Morgan fingerprint density at radius 1 is 1.15 bits per heavy atom. The molecule has 7 heteroatoms. The lowest BCUT2D eigenvalue weighted by atomic mass is 10.2. The Kier molecular flexibility index (Phi) is 4.38. The SMILES string of the molecule is Cc1nc(Oc2cc(Cl)c(Cl)cc2Cl)ccc1C(=O)O. The molecule has 0 bridgehead atoms. The van der Waals surface area contributed by atoms with Gasteiger partial charge >= 0.3 is 5.97 Å². The Morgan fingerprint density at radius 2 is 1.80 bits per heavy atom. The van der Waals surface area contributed by atoms with Crippen LogP contribution in [0.15, 0.2) is 24.3 Å². The number of nitrogens with zero attached hydrogens (tertiary/aromatic N) is 1. The molecule has 0 aliphatic rings. The number of ether oxygens (including phenoxy) is 1. The molecule has 0 saturated heterocycles. The van der Waals surface area contributed by atoms with Crippen molar-refractivity contribution in [2.75, 3.05) is 0 Å². The zero-order valence-electron chi connectivity index (χ0n) is 10.2. The van der Waals surface area contributed by atoms with E-state index in [4.69, 9.17) is 44.6 Å². The number of hydrogen-bond acceptors (Lipinski definition) is 3. The normalized spacial score (nSPS) is 10.4. The molecule has 0 unspecified atom stereocenters. The van der Waals surface area contributed by atoms with Gasteiger partial charge in [-0.2, -0.15) is 0 Å². The molecule has 0 spiro atoms. The van der Waals surface area contributed by atoms with E-state index in [9.17, 15) is 4.79 Å². The average molecular weight is 333 g/mol. The lowest BCUT2D eigenvalue weighted by Gasteiger charge is -2.09. The van der Waals surface area contributed by atoms with Crippen molar-refractivity contribution in [1.82, 2.24) is 4.98 Å². The van der Waals surface area contributed by atoms with Gasteiger partial charge in [-0.1, -0.05) is 34.8 Å². The van der Waals surface area contributed by atoms with Crippen LogP contribution in [0.25, 0.3) is 0 Å². The Morgan fingerprint density at radius 3 is 2.40 bits per heavy atom. The molecule has 0 aliphatic carbocycles. The van der Waals surface area contributed by atoms with Crippen LogP contribution in [0, 0.1) is 6.92 Å². The minimum absolute atomic E-state index is 0.109. The average Bonchev–Trinajstić information content (AvgIpc) is 2.35. The topological polar surface area (TPSA) is 59.4 Å². The van der Waals surface area contributed by atoms with Crippen LogP contribution in [0.1, 0.15) is 16.1 Å². The molecule has 1 heterocycles. The summed E-state index contributed by atoms with van der Waals surface area (Å²) in [5, 5.41) is 9.81. The molecule has 4 nitrogen and oxygen atoms in total. The number of aromatic nitrogens is 1. The van der Waals surface area contributed by atoms with Crippen molar-refractivity contribution in [1.29, 1.82) is 0 Å². The van der Waals surface area contributed by atoms with E-state index in [1.165, 1.54) is 24.3 Å². The molecule has 0 aliphatic heterocycles. The number of carboxylic acid groups (broad SMARTS) is 1. The number of rotatable bonds is 3. The van der Waals surface area contributed by atoms with Gasteiger partial charge in [-0.05, 0) is 19.1 Å². The van der Waals surface area contributed by atoms with Crippen molar-refractivity contribution < 1.29 is 14.6 Å². The van der Waals surface area contributed by atoms with Gasteiger partial charge in [0.1, 0.15) is 5.75 Å². The monoisotopic (exact) mass is 331 g/mol. The summed E-state index contributed by atoms with van der Waals surface area (Å²) in [7, 11) is 0. The minimum Gasteiger partial charge on any atom is -0.478 e. The van der Waals surface area contributed by atoms with Crippen molar-refractivity contribution in [3.05, 3.63) is 50.6 Å². The van der Waals surface area contributed by atoms with Crippen molar-refractivity contribution in [3.8, 4) is 11.6 Å². The lowest BCUT2D eigenvalue weighted by Crippen LogP contribution is -2.02. The third kappa shape index (κ3) is 3.15. The van der Waals surface area contributed by atoms with Crippen LogP contribution < -0.4 is 4.74 Å². The van der Waals surface area contributed by atoms with E-state index in [1.807, 2.05) is 0 Å². The van der Waals surface area contributed by atoms with Crippen molar-refractivity contribution >= 4 is 40.8 Å². The van der Waals surface area contributed by atoms with Gasteiger partial charge in [-0.25, -0.2) is 9.78 Å². The summed E-state index contributed by atoms with van der Waals surface area (Å²) in [6, 6.07) is 5.77. The third-order valence-electron chi connectivity index (χ3n) is 2.48. The van der Waals surface area contributed by atoms with Crippen molar-refractivity contribution in [2.45, 2.75) is 6.92 Å². The van der Waals surface area contributed by atoms with Crippen LogP contribution in [-0.4, -0.2) is 16.1 Å². The maximum absolute atomic E-state index is 10.9. The smallest absolute Gasteiger partial charge is 0.337 e. The number of carboxylic acids is 1. The summed E-state index contributed by atoms with van der Waals surface area (Å²) in [5.74, 6) is -0.544. The molecular weight excluding hydrogens is 325 g/mol. The standard InChI is InChI=1S/C13H8Cl3NO3/c1-6-7(13(18)19)2-3-12(17-6)20-11-5-9(15)8(14)4-10(11)16/h2-5H,1H3,(H,18,19). The first kappa shape index (κ1) is 14.9. The second kappa shape index (κ2) is 5.87. The molecule has 0 fully saturated rings. The van der Waals surface area contributed by atoms with Crippen LogP contribution in [-0.2, 0) is 0 Å². The van der Waals surface area contributed by atoms with Gasteiger partial charge in [0, 0.05) is 12.1 Å². The van der Waals surface area contributed by atoms with E-state index < -0.39 is 5.97 Å². The maximum atomic E-state index is 10.9. The van der Waals surface area contributed by atoms with Crippen molar-refractivity contribution in [3.63, 3.8) is 0 Å². The quantitative estimate of drug-likeness (QED) is 0.817. The number of halogens is 3. The second-order valence-electron chi connectivity index (χ2n) is 3.89. The number of aromatic carboxylic acids is 1. The first-order chi connectivity index (χ1) is 9.38. The highest BCUT2D eigenvalue weighted by atomic mass is 35.5. The van der Waals surface area contributed by atoms with E-state index in [-0.39, 0.29) is 22.2 Å². The Bertz CT molecular complexity index is 689. The predicted octanol–water partition coefficient (Wildman–Crippen LogP) is 4.84. The van der Waals surface area contributed by atoms with E-state index in [1.54, 1.807) is 6.92 Å². The van der Waals surface area contributed by atoms with Crippen LogP contribution in [0.5, 0.6) is 11.6 Å². The number of hydrogen-bond donors (Lipinski definition) is 1. The van der Waals surface area contributed by atoms with Gasteiger partial charge in [0.05, 0.1) is 26.3 Å². The lowest BCUT2D eigenvalue weighted by molar-refractivity contribution is 0.0695. The van der Waals surface area contributed by atoms with Gasteiger partial charge in [-0.15, -0.1) is 0 Å². The summed E-state index contributed by atoms with van der Waals surface area (Å²) in [4.78, 5) is 14.9. The summed E-state index contributed by atoms with van der Waals surface area (Å²) < 4.78 is 5.48. The predicted molar refractivity (Wildman–Crippen MR) is 77.5 cm³/mol. The number of pyridine rings is 1. The Labute approximate surface area is 129 Å². The minimum atomic E-state index is -1.05. The molecule has 2 rings (SSSR count). The maximum Gasteiger partial charge on any atom is 0.337 e. The van der Waals surface area contributed by atoms with E-state index >= 15 is 0 Å². The van der Waals surface area contributed by atoms with Gasteiger partial charge in [0.25, 0.3) is 0 Å². The fourth-order valence-corrected chi connectivity index (χ4v) is 2.09. The first-order valence-corrected chi connectivity index (χ1v) is 6.55. The van der Waals surface area contributed by atoms with Gasteiger partial charge in [0.2, 0.25) is 5.88 Å². The molecule has 104 valence electrons. The first-order valence-electron chi connectivity index (χ1n) is 5.42. The van der Waals surface area contributed by atoms with Gasteiger partial charge in [-0.3, -0.25) is 0 Å². The molecule has 0 radical (unpaired) electrons. The number of benzene rings is 1. The number of carbonyl (C=O) groups is 1. The van der Waals surface area contributed by atoms with E-state index in [0.717, 1.165) is 0 Å². The third-order valence-corrected chi connectivity index (χ3v) is 3.50. The second-order valence-corrected chi connectivity index (χ2v) is 5.11.